The second-order valence-electron chi connectivity index (χ2n) is 9.35. The minimum absolute atomic E-state index is 0.00596. The number of benzene rings is 3. The molecule has 6 nitrogen and oxygen atoms in total. The molecule has 0 saturated carbocycles. The number of amides is 3. The summed E-state index contributed by atoms with van der Waals surface area (Å²) in [5.41, 5.74) is 1.88. The maximum atomic E-state index is 14.4. The molecule has 1 aliphatic heterocycles. The van der Waals surface area contributed by atoms with Gasteiger partial charge in [0.15, 0.2) is 0 Å². The first kappa shape index (κ1) is 25.4. The fourth-order valence-corrected chi connectivity index (χ4v) is 4.59. The van der Waals surface area contributed by atoms with E-state index in [1.165, 1.54) is 11.0 Å². The maximum Gasteiger partial charge on any atom is 0.258 e. The number of anilines is 1. The molecule has 0 bridgehead atoms. The molecule has 1 heterocycles. The highest BCUT2D eigenvalue weighted by atomic mass is 19.1. The average Bonchev–Trinajstić information content (AvgIpc) is 3.15. The summed E-state index contributed by atoms with van der Waals surface area (Å²) in [7, 11) is 0. The van der Waals surface area contributed by atoms with Gasteiger partial charge in [0.2, 0.25) is 11.8 Å². The van der Waals surface area contributed by atoms with Crippen molar-refractivity contribution in [2.24, 2.45) is 0 Å². The van der Waals surface area contributed by atoms with Gasteiger partial charge in [-0.25, -0.2) is 4.39 Å². The van der Waals surface area contributed by atoms with Crippen molar-refractivity contribution in [3.63, 3.8) is 0 Å². The van der Waals surface area contributed by atoms with Crippen molar-refractivity contribution < 1.29 is 18.8 Å². The average molecular weight is 490 g/mol. The Morgan fingerprint density at radius 2 is 1.75 bits per heavy atom. The van der Waals surface area contributed by atoms with Crippen LogP contribution in [-0.2, 0) is 16.1 Å². The van der Waals surface area contributed by atoms with Crippen LogP contribution in [0.25, 0.3) is 10.8 Å². The highest BCUT2D eigenvalue weighted by Gasteiger charge is 2.30. The first-order chi connectivity index (χ1) is 17.3. The van der Waals surface area contributed by atoms with Gasteiger partial charge in [0, 0.05) is 42.1 Å². The summed E-state index contributed by atoms with van der Waals surface area (Å²) in [6.45, 7) is 5.90. The Balaban J connectivity index is 1.47. The Morgan fingerprint density at radius 3 is 2.47 bits per heavy atom. The lowest BCUT2D eigenvalue weighted by Gasteiger charge is -2.30. The van der Waals surface area contributed by atoms with Crippen LogP contribution < -0.4 is 10.2 Å². The van der Waals surface area contributed by atoms with Crippen molar-refractivity contribution in [1.82, 2.24) is 10.2 Å². The number of hydrogen-bond acceptors (Lipinski definition) is 3. The Hall–Kier alpha value is -3.74. The zero-order valence-electron chi connectivity index (χ0n) is 21.0. The topological polar surface area (TPSA) is 69.7 Å². The second-order valence-corrected chi connectivity index (χ2v) is 9.35. The van der Waals surface area contributed by atoms with E-state index in [4.69, 9.17) is 0 Å². The number of halogens is 1. The van der Waals surface area contributed by atoms with Crippen molar-refractivity contribution in [2.45, 2.75) is 58.7 Å². The Morgan fingerprint density at radius 1 is 1.03 bits per heavy atom. The third-order valence-corrected chi connectivity index (χ3v) is 6.89. The van der Waals surface area contributed by atoms with Gasteiger partial charge >= 0.3 is 0 Å². The summed E-state index contributed by atoms with van der Waals surface area (Å²) in [5.74, 6) is -1.02. The molecule has 7 heteroatoms. The zero-order chi connectivity index (χ0) is 25.8. The van der Waals surface area contributed by atoms with Crippen LogP contribution in [0.4, 0.5) is 10.1 Å². The van der Waals surface area contributed by atoms with Gasteiger partial charge in [0.25, 0.3) is 5.91 Å². The monoisotopic (exact) mass is 489 g/mol. The third-order valence-electron chi connectivity index (χ3n) is 6.89. The first-order valence-corrected chi connectivity index (χ1v) is 12.5. The number of rotatable bonds is 10. The molecule has 0 unspecified atom stereocenters. The number of nitrogens with zero attached hydrogens (tertiary/aromatic N) is 2. The molecule has 2 atom stereocenters. The van der Waals surface area contributed by atoms with Crippen LogP contribution in [0.3, 0.4) is 0 Å². The molecule has 4 rings (SSSR count). The van der Waals surface area contributed by atoms with E-state index < -0.39 is 11.9 Å². The fourth-order valence-electron chi connectivity index (χ4n) is 4.59. The molecule has 3 amide bonds. The predicted octanol–water partition coefficient (Wildman–Crippen LogP) is 5.05. The van der Waals surface area contributed by atoms with Gasteiger partial charge in [-0.1, -0.05) is 49.4 Å². The van der Waals surface area contributed by atoms with E-state index in [0.717, 1.165) is 22.9 Å². The molecule has 1 aliphatic rings. The highest BCUT2D eigenvalue weighted by Crippen LogP contribution is 2.37. The second kappa shape index (κ2) is 10.9. The Kier molecular flexibility index (Phi) is 7.67. The summed E-state index contributed by atoms with van der Waals surface area (Å²) < 4.78 is 14.4. The molecule has 36 heavy (non-hydrogen) atoms. The number of nitrogens with one attached hydrogen (secondary N) is 1. The lowest BCUT2D eigenvalue weighted by molar-refractivity contribution is -0.141. The maximum absolute atomic E-state index is 14.4. The van der Waals surface area contributed by atoms with Crippen molar-refractivity contribution in [2.75, 3.05) is 11.4 Å². The molecule has 0 spiro atoms. The smallest absolute Gasteiger partial charge is 0.258 e. The Labute approximate surface area is 211 Å². The molecular weight excluding hydrogens is 457 g/mol. The zero-order valence-corrected chi connectivity index (χ0v) is 21.0. The van der Waals surface area contributed by atoms with Crippen LogP contribution in [0, 0.1) is 5.82 Å². The lowest BCUT2D eigenvalue weighted by atomic mass is 10.1. The summed E-state index contributed by atoms with van der Waals surface area (Å²) in [6, 6.07) is 17.0. The molecule has 0 aromatic heterocycles. The highest BCUT2D eigenvalue weighted by molar-refractivity contribution is 6.25. The van der Waals surface area contributed by atoms with Crippen LogP contribution in [0.15, 0.2) is 60.7 Å². The molecule has 3 aromatic rings. The molecule has 0 radical (unpaired) electrons. The van der Waals surface area contributed by atoms with E-state index in [2.05, 4.69) is 5.32 Å². The van der Waals surface area contributed by atoms with Gasteiger partial charge < -0.3 is 15.1 Å². The molecular formula is C29H32FN3O3. The van der Waals surface area contributed by atoms with Crippen LogP contribution >= 0.6 is 0 Å². The third kappa shape index (κ3) is 5.10. The molecule has 0 aliphatic carbocycles. The van der Waals surface area contributed by atoms with Crippen molar-refractivity contribution in [1.29, 1.82) is 0 Å². The van der Waals surface area contributed by atoms with E-state index in [-0.39, 0.29) is 36.7 Å². The fraction of sp³-hybridized carbons (Fsp3) is 0.345. The normalized spacial score (nSPS) is 14.1. The molecule has 0 fully saturated rings. The van der Waals surface area contributed by atoms with E-state index in [1.807, 2.05) is 50.2 Å². The van der Waals surface area contributed by atoms with E-state index in [9.17, 15) is 18.8 Å². The summed E-state index contributed by atoms with van der Waals surface area (Å²) in [5, 5.41) is 4.86. The standard InChI is InChI=1S/C29H32FN3O3/c1-4-19(2)31-28(35)20(3)33(18-22-10-5-6-14-24(22)30)26(34)16-9-17-32-25-15-8-12-21-11-7-13-23(27(21)25)29(32)36/h5-8,10-15,19-20H,4,9,16-18H2,1-3H3,(H,31,35)/t19-,20+/m0/s1. The Bertz CT molecular complexity index is 1290. The lowest BCUT2D eigenvalue weighted by Crippen LogP contribution is -2.49. The van der Waals surface area contributed by atoms with E-state index in [1.54, 1.807) is 30.0 Å². The van der Waals surface area contributed by atoms with Gasteiger partial charge in [0.05, 0.1) is 5.69 Å². The predicted molar refractivity (Wildman–Crippen MR) is 139 cm³/mol. The van der Waals surface area contributed by atoms with E-state index in [0.29, 0.717) is 24.1 Å². The quantitative estimate of drug-likeness (QED) is 0.433. The molecule has 188 valence electrons. The SMILES string of the molecule is CC[C@H](C)NC(=O)[C@@H](C)N(Cc1ccccc1F)C(=O)CCCN1C(=O)c2cccc3cccc1c23. The summed E-state index contributed by atoms with van der Waals surface area (Å²) >= 11 is 0. The van der Waals surface area contributed by atoms with E-state index >= 15 is 0 Å². The van der Waals surface area contributed by atoms with Gasteiger partial charge in [-0.2, -0.15) is 0 Å². The van der Waals surface area contributed by atoms with Crippen molar-refractivity contribution >= 4 is 34.2 Å². The number of carbonyl (C=O) groups excluding carboxylic acids is 3. The number of hydrogen-bond donors (Lipinski definition) is 1. The van der Waals surface area contributed by atoms with Gasteiger partial charge in [-0.3, -0.25) is 14.4 Å². The minimum atomic E-state index is -0.766. The van der Waals surface area contributed by atoms with Crippen LogP contribution in [0.2, 0.25) is 0 Å². The summed E-state index contributed by atoms with van der Waals surface area (Å²) in [4.78, 5) is 42.4. The number of carbonyl (C=O) groups is 3. The minimum Gasteiger partial charge on any atom is -0.352 e. The molecule has 0 saturated heterocycles. The van der Waals surface area contributed by atoms with Crippen LogP contribution in [-0.4, -0.2) is 41.2 Å². The van der Waals surface area contributed by atoms with Gasteiger partial charge in [0.1, 0.15) is 11.9 Å². The van der Waals surface area contributed by atoms with Crippen LogP contribution in [0.5, 0.6) is 0 Å². The van der Waals surface area contributed by atoms with Crippen molar-refractivity contribution in [3.05, 3.63) is 77.6 Å². The largest absolute Gasteiger partial charge is 0.352 e. The van der Waals surface area contributed by atoms with Crippen LogP contribution in [0.1, 0.15) is 56.0 Å². The summed E-state index contributed by atoms with van der Waals surface area (Å²) in [6.07, 6.45) is 1.31. The van der Waals surface area contributed by atoms with Gasteiger partial charge in [-0.05, 0) is 50.3 Å². The molecule has 3 aromatic carbocycles. The van der Waals surface area contributed by atoms with Crippen molar-refractivity contribution in [3.8, 4) is 0 Å². The van der Waals surface area contributed by atoms with Gasteiger partial charge in [-0.15, -0.1) is 0 Å². The molecule has 1 N–H and O–H groups in total. The first-order valence-electron chi connectivity index (χ1n) is 12.5.